The molecule has 2 aromatic heterocycles. The van der Waals surface area contributed by atoms with E-state index < -0.39 is 0 Å². The number of rotatable bonds is 6. The minimum Gasteiger partial charge on any atom is -0.496 e. The molecule has 1 atom stereocenters. The van der Waals surface area contributed by atoms with Crippen molar-refractivity contribution in [3.8, 4) is 5.75 Å². The SMILES string of the molecule is COc1csc(C(N)c2c(Br)cnn2CCN(C)C)c1. The van der Waals surface area contributed by atoms with Gasteiger partial charge < -0.3 is 15.4 Å². The second-order valence-electron chi connectivity index (χ2n) is 4.77. The number of aromatic nitrogens is 2. The molecule has 0 aromatic carbocycles. The Hall–Kier alpha value is -0.890. The molecule has 0 aliphatic heterocycles. The van der Waals surface area contributed by atoms with E-state index in [-0.39, 0.29) is 6.04 Å². The first kappa shape index (κ1) is 15.5. The van der Waals surface area contributed by atoms with Gasteiger partial charge in [-0.05, 0) is 36.1 Å². The number of nitrogens with two attached hydrogens (primary N) is 1. The van der Waals surface area contributed by atoms with Crippen LogP contribution in [0.3, 0.4) is 0 Å². The number of ether oxygens (including phenoxy) is 1. The van der Waals surface area contributed by atoms with Crippen LogP contribution in [0.4, 0.5) is 0 Å². The van der Waals surface area contributed by atoms with Gasteiger partial charge in [0.2, 0.25) is 0 Å². The highest BCUT2D eigenvalue weighted by atomic mass is 79.9. The standard InChI is InChI=1S/C13H19BrN4OS/c1-17(2)4-5-18-13(10(14)7-16-18)12(15)11-6-9(19-3)8-20-11/h6-8,12H,4-5,15H2,1-3H3. The van der Waals surface area contributed by atoms with Crippen molar-refractivity contribution in [3.05, 3.63) is 32.7 Å². The Kier molecular flexibility index (Phi) is 5.20. The molecule has 0 saturated carbocycles. The monoisotopic (exact) mass is 358 g/mol. The Balaban J connectivity index is 2.24. The van der Waals surface area contributed by atoms with E-state index in [2.05, 4.69) is 25.9 Å². The Bertz CT molecular complexity index is 566. The average molecular weight is 359 g/mol. The maximum Gasteiger partial charge on any atom is 0.129 e. The van der Waals surface area contributed by atoms with Crippen LogP contribution in [0.1, 0.15) is 16.6 Å². The molecule has 0 aliphatic carbocycles. The van der Waals surface area contributed by atoms with Crippen LogP contribution in [0.15, 0.2) is 22.1 Å². The van der Waals surface area contributed by atoms with Gasteiger partial charge in [0.05, 0.1) is 36.1 Å². The number of hydrogen-bond acceptors (Lipinski definition) is 5. The summed E-state index contributed by atoms with van der Waals surface area (Å²) in [4.78, 5) is 3.19. The van der Waals surface area contributed by atoms with Crippen molar-refractivity contribution < 1.29 is 4.74 Å². The fourth-order valence-corrected chi connectivity index (χ4v) is 3.30. The highest BCUT2D eigenvalue weighted by molar-refractivity contribution is 9.10. The first-order chi connectivity index (χ1) is 9.52. The molecule has 0 radical (unpaired) electrons. The van der Waals surface area contributed by atoms with Crippen molar-refractivity contribution in [3.63, 3.8) is 0 Å². The van der Waals surface area contributed by atoms with Crippen LogP contribution in [-0.4, -0.2) is 42.4 Å². The predicted molar refractivity (Wildman–Crippen MR) is 85.4 cm³/mol. The van der Waals surface area contributed by atoms with Crippen molar-refractivity contribution in [1.82, 2.24) is 14.7 Å². The maximum absolute atomic E-state index is 6.39. The molecular weight excluding hydrogens is 340 g/mol. The molecule has 0 fully saturated rings. The second-order valence-corrected chi connectivity index (χ2v) is 6.57. The lowest BCUT2D eigenvalue weighted by molar-refractivity contribution is 0.368. The maximum atomic E-state index is 6.39. The molecule has 7 heteroatoms. The summed E-state index contributed by atoms with van der Waals surface area (Å²) in [5, 5.41) is 6.36. The van der Waals surface area contributed by atoms with E-state index in [1.165, 1.54) is 0 Å². The lowest BCUT2D eigenvalue weighted by Gasteiger charge is -2.16. The lowest BCUT2D eigenvalue weighted by atomic mass is 10.2. The summed E-state index contributed by atoms with van der Waals surface area (Å²) in [6.45, 7) is 1.73. The molecule has 0 bridgehead atoms. The lowest BCUT2D eigenvalue weighted by Crippen LogP contribution is -2.23. The van der Waals surface area contributed by atoms with Crippen molar-refractivity contribution in [2.45, 2.75) is 12.6 Å². The summed E-state index contributed by atoms with van der Waals surface area (Å²) >= 11 is 5.14. The van der Waals surface area contributed by atoms with Gasteiger partial charge in [0.15, 0.2) is 0 Å². The first-order valence-electron chi connectivity index (χ1n) is 6.27. The largest absolute Gasteiger partial charge is 0.496 e. The smallest absolute Gasteiger partial charge is 0.129 e. The molecule has 20 heavy (non-hydrogen) atoms. The number of methoxy groups -OCH3 is 1. The molecule has 0 aliphatic rings. The molecule has 2 heterocycles. The number of halogens is 1. The van der Waals surface area contributed by atoms with Gasteiger partial charge >= 0.3 is 0 Å². The van der Waals surface area contributed by atoms with Crippen LogP contribution in [0.5, 0.6) is 5.75 Å². The summed E-state index contributed by atoms with van der Waals surface area (Å²) in [7, 11) is 5.75. The first-order valence-corrected chi connectivity index (χ1v) is 7.94. The molecule has 0 saturated heterocycles. The minimum atomic E-state index is -0.206. The second kappa shape index (κ2) is 6.71. The van der Waals surface area contributed by atoms with Gasteiger partial charge in [-0.2, -0.15) is 5.10 Å². The quantitative estimate of drug-likeness (QED) is 0.860. The van der Waals surface area contributed by atoms with E-state index in [1.807, 2.05) is 30.2 Å². The highest BCUT2D eigenvalue weighted by Crippen LogP contribution is 2.32. The normalized spacial score (nSPS) is 12.9. The van der Waals surface area contributed by atoms with Gasteiger partial charge in [-0.3, -0.25) is 4.68 Å². The summed E-state index contributed by atoms with van der Waals surface area (Å²) < 4.78 is 8.12. The fourth-order valence-electron chi connectivity index (χ4n) is 1.89. The van der Waals surface area contributed by atoms with Crippen LogP contribution in [-0.2, 0) is 6.54 Å². The molecule has 5 nitrogen and oxygen atoms in total. The zero-order valence-electron chi connectivity index (χ0n) is 11.8. The van der Waals surface area contributed by atoms with Crippen molar-refractivity contribution in [2.75, 3.05) is 27.7 Å². The van der Waals surface area contributed by atoms with Crippen molar-refractivity contribution in [1.29, 1.82) is 0 Å². The van der Waals surface area contributed by atoms with Crippen LogP contribution in [0.2, 0.25) is 0 Å². The fraction of sp³-hybridized carbons (Fsp3) is 0.462. The highest BCUT2D eigenvalue weighted by Gasteiger charge is 2.20. The van der Waals surface area contributed by atoms with E-state index in [0.29, 0.717) is 0 Å². The Labute approximate surface area is 131 Å². The van der Waals surface area contributed by atoms with Gasteiger partial charge in [0.1, 0.15) is 5.75 Å². The van der Waals surface area contributed by atoms with Crippen molar-refractivity contribution in [2.24, 2.45) is 5.73 Å². The number of thiophene rings is 1. The molecule has 0 spiro atoms. The summed E-state index contributed by atoms with van der Waals surface area (Å²) in [5.74, 6) is 0.843. The predicted octanol–water partition coefficient (Wildman–Crippen LogP) is 2.33. The minimum absolute atomic E-state index is 0.206. The van der Waals surface area contributed by atoms with E-state index in [4.69, 9.17) is 10.5 Å². The van der Waals surface area contributed by atoms with Crippen LogP contribution in [0, 0.1) is 0 Å². The molecule has 1 unspecified atom stereocenters. The summed E-state index contributed by atoms with van der Waals surface area (Å²) in [6, 6.07) is 1.77. The van der Waals surface area contributed by atoms with E-state index in [9.17, 15) is 0 Å². The molecule has 0 amide bonds. The van der Waals surface area contributed by atoms with Gasteiger partial charge in [-0.25, -0.2) is 0 Å². The number of likely N-dealkylation sites (N-methyl/N-ethyl adjacent to an activating group) is 1. The Morgan fingerprint density at radius 1 is 1.55 bits per heavy atom. The van der Waals surface area contributed by atoms with E-state index in [1.54, 1.807) is 24.6 Å². The van der Waals surface area contributed by atoms with Crippen LogP contribution < -0.4 is 10.5 Å². The third-order valence-corrected chi connectivity index (χ3v) is 4.63. The molecule has 110 valence electrons. The molecule has 2 aromatic rings. The summed E-state index contributed by atoms with van der Waals surface area (Å²) in [5.41, 5.74) is 7.38. The number of hydrogen-bond donors (Lipinski definition) is 1. The van der Waals surface area contributed by atoms with Gasteiger partial charge in [0, 0.05) is 16.8 Å². The molecule has 2 N–H and O–H groups in total. The van der Waals surface area contributed by atoms with E-state index in [0.717, 1.165) is 33.9 Å². The molecular formula is C13H19BrN4OS. The average Bonchev–Trinajstić information content (AvgIpc) is 3.02. The number of nitrogens with zero attached hydrogens (tertiary/aromatic N) is 3. The third kappa shape index (κ3) is 3.41. The zero-order valence-corrected chi connectivity index (χ0v) is 14.2. The van der Waals surface area contributed by atoms with Crippen LogP contribution >= 0.6 is 27.3 Å². The zero-order chi connectivity index (χ0) is 14.7. The third-order valence-electron chi connectivity index (χ3n) is 3.02. The van der Waals surface area contributed by atoms with Gasteiger partial charge in [0.25, 0.3) is 0 Å². The topological polar surface area (TPSA) is 56.3 Å². The van der Waals surface area contributed by atoms with Gasteiger partial charge in [-0.15, -0.1) is 11.3 Å². The van der Waals surface area contributed by atoms with Gasteiger partial charge in [-0.1, -0.05) is 0 Å². The van der Waals surface area contributed by atoms with Crippen molar-refractivity contribution >= 4 is 27.3 Å². The molecule has 2 rings (SSSR count). The Morgan fingerprint density at radius 3 is 2.90 bits per heavy atom. The Morgan fingerprint density at radius 2 is 2.30 bits per heavy atom. The van der Waals surface area contributed by atoms with Crippen LogP contribution in [0.25, 0.3) is 0 Å². The van der Waals surface area contributed by atoms with E-state index >= 15 is 0 Å². The summed E-state index contributed by atoms with van der Waals surface area (Å²) in [6.07, 6.45) is 1.80.